The highest BCUT2D eigenvalue weighted by molar-refractivity contribution is 5.18. The smallest absolute Gasteiger partial charge is 0.390 e. The van der Waals surface area contributed by atoms with Gasteiger partial charge in [0.25, 0.3) is 0 Å². The summed E-state index contributed by atoms with van der Waals surface area (Å²) in [6.07, 6.45) is -4.13. The molecule has 1 aromatic rings. The third-order valence-corrected chi connectivity index (χ3v) is 1.39. The number of aliphatic hydroxyl groups is 1. The molecule has 1 rings (SSSR count). The Morgan fingerprint density at radius 3 is 2.38 bits per heavy atom. The van der Waals surface area contributed by atoms with Gasteiger partial charge in [-0.3, -0.25) is 4.98 Å². The molecule has 0 saturated carbocycles. The van der Waals surface area contributed by atoms with Crippen LogP contribution in [0.3, 0.4) is 0 Å². The summed E-state index contributed by atoms with van der Waals surface area (Å²) in [4.78, 5) is 3.12. The van der Waals surface area contributed by atoms with Crippen molar-refractivity contribution in [2.45, 2.75) is 12.8 Å². The Hall–Kier alpha value is -1.17. The van der Waals surface area contributed by atoms with Crippen molar-refractivity contribution in [3.63, 3.8) is 0 Å². The predicted octanol–water partition coefficient (Wildman–Crippen LogP) is 1.73. The lowest BCUT2D eigenvalue weighted by atomic mass is 10.2. The molecule has 13 heavy (non-hydrogen) atoms. The first kappa shape index (κ1) is 9.91. The molecule has 0 fully saturated rings. The van der Waals surface area contributed by atoms with Crippen LogP contribution >= 0.6 is 0 Å². The summed E-state index contributed by atoms with van der Waals surface area (Å²) in [6.45, 7) is -0.718. The van der Waals surface area contributed by atoms with Gasteiger partial charge in [-0.25, -0.2) is 4.39 Å². The number of pyridine rings is 1. The molecular formula is C7H5F4NO. The minimum Gasteiger partial charge on any atom is -0.390 e. The topological polar surface area (TPSA) is 33.1 Å². The minimum absolute atomic E-state index is 0.304. The van der Waals surface area contributed by atoms with Crippen LogP contribution in [0.25, 0.3) is 0 Å². The standard InChI is InChI=1S/C7H5F4NO/c8-5-1-4(7(9,10)11)2-12-6(5)3-13/h1-2,13H,3H2. The zero-order chi connectivity index (χ0) is 10.1. The van der Waals surface area contributed by atoms with Crippen LogP contribution in [0.15, 0.2) is 12.3 Å². The van der Waals surface area contributed by atoms with E-state index < -0.39 is 29.9 Å². The van der Waals surface area contributed by atoms with Crippen LogP contribution in [0.5, 0.6) is 0 Å². The van der Waals surface area contributed by atoms with Crippen molar-refractivity contribution in [3.8, 4) is 0 Å². The fraction of sp³-hybridized carbons (Fsp3) is 0.286. The van der Waals surface area contributed by atoms with Crippen LogP contribution in [0.2, 0.25) is 0 Å². The SMILES string of the molecule is OCc1ncc(C(F)(F)F)cc1F. The van der Waals surface area contributed by atoms with Crippen molar-refractivity contribution in [1.29, 1.82) is 0 Å². The normalized spacial score (nSPS) is 11.8. The molecule has 1 N–H and O–H groups in total. The van der Waals surface area contributed by atoms with Crippen LogP contribution in [0.1, 0.15) is 11.3 Å². The summed E-state index contributed by atoms with van der Waals surface area (Å²) >= 11 is 0. The second kappa shape index (κ2) is 3.29. The maximum Gasteiger partial charge on any atom is 0.417 e. The number of rotatable bonds is 1. The van der Waals surface area contributed by atoms with E-state index in [1.165, 1.54) is 0 Å². The number of hydrogen-bond acceptors (Lipinski definition) is 2. The molecule has 0 aliphatic heterocycles. The molecular weight excluding hydrogens is 190 g/mol. The number of aliphatic hydroxyl groups excluding tert-OH is 1. The second-order valence-electron chi connectivity index (χ2n) is 2.31. The van der Waals surface area contributed by atoms with E-state index in [0.29, 0.717) is 12.3 Å². The Balaban J connectivity index is 3.10. The van der Waals surface area contributed by atoms with Gasteiger partial charge in [0.05, 0.1) is 12.2 Å². The van der Waals surface area contributed by atoms with Gasteiger partial charge in [-0.15, -0.1) is 0 Å². The van der Waals surface area contributed by atoms with Gasteiger partial charge in [0, 0.05) is 6.20 Å². The van der Waals surface area contributed by atoms with E-state index in [1.54, 1.807) is 0 Å². The maximum absolute atomic E-state index is 12.7. The lowest BCUT2D eigenvalue weighted by Crippen LogP contribution is -2.07. The van der Waals surface area contributed by atoms with E-state index in [-0.39, 0.29) is 0 Å². The highest BCUT2D eigenvalue weighted by Crippen LogP contribution is 2.29. The van der Waals surface area contributed by atoms with Crippen molar-refractivity contribution in [2.75, 3.05) is 0 Å². The van der Waals surface area contributed by atoms with Crippen molar-refractivity contribution < 1.29 is 22.7 Å². The number of nitrogens with zero attached hydrogens (tertiary/aromatic N) is 1. The fourth-order valence-corrected chi connectivity index (χ4v) is 0.738. The number of hydrogen-bond donors (Lipinski definition) is 1. The van der Waals surface area contributed by atoms with Gasteiger partial charge in [0.15, 0.2) is 0 Å². The quantitative estimate of drug-likeness (QED) is 0.692. The van der Waals surface area contributed by atoms with E-state index in [2.05, 4.69) is 4.98 Å². The summed E-state index contributed by atoms with van der Waals surface area (Å²) in [5.74, 6) is -1.16. The largest absolute Gasteiger partial charge is 0.417 e. The van der Waals surface area contributed by atoms with E-state index >= 15 is 0 Å². The van der Waals surface area contributed by atoms with E-state index in [1.807, 2.05) is 0 Å². The lowest BCUT2D eigenvalue weighted by molar-refractivity contribution is -0.138. The van der Waals surface area contributed by atoms with Crippen molar-refractivity contribution >= 4 is 0 Å². The molecule has 0 saturated heterocycles. The number of alkyl halides is 3. The fourth-order valence-electron chi connectivity index (χ4n) is 0.738. The van der Waals surface area contributed by atoms with Crippen LogP contribution in [-0.2, 0) is 12.8 Å². The summed E-state index contributed by atoms with van der Waals surface area (Å²) in [6, 6.07) is 0.304. The van der Waals surface area contributed by atoms with Crippen LogP contribution in [-0.4, -0.2) is 10.1 Å². The summed E-state index contributed by atoms with van der Waals surface area (Å²) in [7, 11) is 0. The molecule has 0 amide bonds. The molecule has 0 atom stereocenters. The van der Waals surface area contributed by atoms with Crippen LogP contribution < -0.4 is 0 Å². The predicted molar refractivity (Wildman–Crippen MR) is 35.1 cm³/mol. The highest BCUT2D eigenvalue weighted by Gasteiger charge is 2.31. The van der Waals surface area contributed by atoms with Gasteiger partial charge < -0.3 is 5.11 Å². The third-order valence-electron chi connectivity index (χ3n) is 1.39. The second-order valence-corrected chi connectivity index (χ2v) is 2.31. The summed E-state index contributed by atoms with van der Waals surface area (Å²) in [5.41, 5.74) is -1.56. The van der Waals surface area contributed by atoms with Crippen molar-refractivity contribution in [3.05, 3.63) is 29.3 Å². The van der Waals surface area contributed by atoms with Crippen molar-refractivity contribution in [2.24, 2.45) is 0 Å². The molecule has 0 bridgehead atoms. The minimum atomic E-state index is -4.61. The summed E-state index contributed by atoms with van der Waals surface area (Å²) in [5, 5.41) is 8.43. The molecule has 6 heteroatoms. The van der Waals surface area contributed by atoms with E-state index in [0.717, 1.165) is 0 Å². The molecule has 0 spiro atoms. The summed E-state index contributed by atoms with van der Waals surface area (Å²) < 4.78 is 48.5. The first-order valence-electron chi connectivity index (χ1n) is 3.27. The highest BCUT2D eigenvalue weighted by atomic mass is 19.4. The molecule has 0 radical (unpaired) electrons. The zero-order valence-corrected chi connectivity index (χ0v) is 6.27. The molecule has 1 heterocycles. The molecule has 0 aliphatic rings. The third kappa shape index (κ3) is 2.15. The van der Waals surface area contributed by atoms with Crippen LogP contribution in [0, 0.1) is 5.82 Å². The Bertz CT molecular complexity index is 310. The average molecular weight is 195 g/mol. The van der Waals surface area contributed by atoms with E-state index in [4.69, 9.17) is 5.11 Å². The van der Waals surface area contributed by atoms with E-state index in [9.17, 15) is 17.6 Å². The maximum atomic E-state index is 12.7. The Morgan fingerprint density at radius 1 is 1.38 bits per heavy atom. The zero-order valence-electron chi connectivity index (χ0n) is 6.27. The first-order chi connectivity index (χ1) is 5.95. The van der Waals surface area contributed by atoms with Gasteiger partial charge in [-0.2, -0.15) is 13.2 Å². The lowest BCUT2D eigenvalue weighted by Gasteiger charge is -2.06. The number of halogens is 4. The molecule has 0 unspecified atom stereocenters. The van der Waals surface area contributed by atoms with Gasteiger partial charge in [0.1, 0.15) is 11.5 Å². The monoisotopic (exact) mass is 195 g/mol. The molecule has 72 valence electrons. The average Bonchev–Trinajstić information content (AvgIpc) is 2.02. The van der Waals surface area contributed by atoms with Gasteiger partial charge in [-0.05, 0) is 6.07 Å². The first-order valence-corrected chi connectivity index (χ1v) is 3.27. The van der Waals surface area contributed by atoms with Crippen molar-refractivity contribution in [1.82, 2.24) is 4.98 Å². The van der Waals surface area contributed by atoms with Gasteiger partial charge in [-0.1, -0.05) is 0 Å². The number of aromatic nitrogens is 1. The van der Waals surface area contributed by atoms with Gasteiger partial charge in [0.2, 0.25) is 0 Å². The Kier molecular flexibility index (Phi) is 2.51. The molecule has 1 aromatic heterocycles. The molecule has 2 nitrogen and oxygen atoms in total. The van der Waals surface area contributed by atoms with Gasteiger partial charge >= 0.3 is 6.18 Å². The molecule has 0 aliphatic carbocycles. The van der Waals surface area contributed by atoms with Crippen LogP contribution in [0.4, 0.5) is 17.6 Å². The Labute approximate surface area is 70.8 Å². The Morgan fingerprint density at radius 2 is 2.00 bits per heavy atom. The molecule has 0 aromatic carbocycles.